The molecular formula is C16H13NO2. The number of carbonyl (C=O) groups is 1. The number of nitrogens with two attached hydrogens (primary N) is 1. The zero-order valence-electron chi connectivity index (χ0n) is 10.3. The van der Waals surface area contributed by atoms with Gasteiger partial charge in [-0.25, -0.2) is 0 Å². The topological polar surface area (TPSA) is 56.2 Å². The highest BCUT2D eigenvalue weighted by Crippen LogP contribution is 2.32. The number of hydrogen-bond donors (Lipinski definition) is 1. The van der Waals surface area contributed by atoms with Gasteiger partial charge in [-0.05, 0) is 5.56 Å². The Labute approximate surface area is 110 Å². The molecule has 1 heterocycles. The first kappa shape index (κ1) is 11.5. The lowest BCUT2D eigenvalue weighted by Crippen LogP contribution is -2.13. The summed E-state index contributed by atoms with van der Waals surface area (Å²) < 4.78 is 5.63. The van der Waals surface area contributed by atoms with Crippen LogP contribution in [0.15, 0.2) is 59.2 Å². The monoisotopic (exact) mass is 251 g/mol. The molecule has 0 aliphatic rings. The molecular weight excluding hydrogens is 238 g/mol. The van der Waals surface area contributed by atoms with Crippen molar-refractivity contribution in [3.8, 4) is 11.1 Å². The molecule has 3 nitrogen and oxygen atoms in total. The van der Waals surface area contributed by atoms with Crippen molar-refractivity contribution in [2.45, 2.75) is 6.42 Å². The molecule has 0 unspecified atom stereocenters. The largest absolute Gasteiger partial charge is 0.463 e. The molecule has 2 N–H and O–H groups in total. The van der Waals surface area contributed by atoms with Gasteiger partial charge in [0.1, 0.15) is 5.58 Å². The quantitative estimate of drug-likeness (QED) is 0.777. The van der Waals surface area contributed by atoms with Crippen molar-refractivity contribution in [2.75, 3.05) is 0 Å². The van der Waals surface area contributed by atoms with Gasteiger partial charge < -0.3 is 10.2 Å². The fourth-order valence-corrected chi connectivity index (χ4v) is 2.29. The van der Waals surface area contributed by atoms with Gasteiger partial charge in [0.25, 0.3) is 0 Å². The van der Waals surface area contributed by atoms with E-state index in [0.29, 0.717) is 0 Å². The zero-order chi connectivity index (χ0) is 13.2. The number of hydrogen-bond acceptors (Lipinski definition) is 2. The Bertz CT molecular complexity index is 729. The summed E-state index contributed by atoms with van der Waals surface area (Å²) in [5.41, 5.74) is 8.94. The van der Waals surface area contributed by atoms with Crippen LogP contribution in [0.1, 0.15) is 5.56 Å². The van der Waals surface area contributed by atoms with Crippen molar-refractivity contribution in [3.05, 3.63) is 60.4 Å². The number of primary amides is 1. The second-order valence-electron chi connectivity index (χ2n) is 4.45. The molecule has 2 aromatic carbocycles. The van der Waals surface area contributed by atoms with Gasteiger partial charge in [-0.3, -0.25) is 4.79 Å². The average Bonchev–Trinajstić information content (AvgIpc) is 2.84. The Kier molecular flexibility index (Phi) is 2.80. The summed E-state index contributed by atoms with van der Waals surface area (Å²) in [5, 5.41) is 1.00. The van der Waals surface area contributed by atoms with Gasteiger partial charge >= 0.3 is 0 Å². The number of amides is 1. The van der Waals surface area contributed by atoms with E-state index in [1.165, 1.54) is 0 Å². The number of benzene rings is 2. The highest BCUT2D eigenvalue weighted by Gasteiger charge is 2.12. The fourth-order valence-electron chi connectivity index (χ4n) is 2.29. The summed E-state index contributed by atoms with van der Waals surface area (Å²) in [4.78, 5) is 11.1. The van der Waals surface area contributed by atoms with E-state index in [1.807, 2.05) is 48.5 Å². The maximum Gasteiger partial charge on any atom is 0.221 e. The summed E-state index contributed by atoms with van der Waals surface area (Å²) in [7, 11) is 0. The standard InChI is InChI=1S/C16H13NO2/c17-15(18)9-12-7-4-8-13-14(10-19-16(12)13)11-5-2-1-3-6-11/h1-8,10H,9H2,(H2,17,18). The maximum absolute atomic E-state index is 11.1. The normalized spacial score (nSPS) is 10.7. The number of para-hydroxylation sites is 1. The smallest absolute Gasteiger partial charge is 0.221 e. The van der Waals surface area contributed by atoms with Crippen molar-refractivity contribution < 1.29 is 9.21 Å². The molecule has 0 fully saturated rings. The second-order valence-corrected chi connectivity index (χ2v) is 4.45. The lowest BCUT2D eigenvalue weighted by molar-refractivity contribution is -0.117. The second kappa shape index (κ2) is 4.61. The summed E-state index contributed by atoms with van der Waals surface area (Å²) in [6.07, 6.45) is 1.92. The minimum absolute atomic E-state index is 0.194. The van der Waals surface area contributed by atoms with Crippen molar-refractivity contribution in [3.63, 3.8) is 0 Å². The molecule has 3 aromatic rings. The van der Waals surface area contributed by atoms with E-state index >= 15 is 0 Å². The molecule has 0 saturated carbocycles. The molecule has 0 aliphatic heterocycles. The Morgan fingerprint density at radius 1 is 1.05 bits per heavy atom. The highest BCUT2D eigenvalue weighted by atomic mass is 16.3. The van der Waals surface area contributed by atoms with Crippen LogP contribution in [0.25, 0.3) is 22.1 Å². The van der Waals surface area contributed by atoms with Crippen LogP contribution in [0.2, 0.25) is 0 Å². The van der Waals surface area contributed by atoms with Crippen LogP contribution in [-0.2, 0) is 11.2 Å². The average molecular weight is 251 g/mol. The first-order chi connectivity index (χ1) is 9.25. The lowest BCUT2D eigenvalue weighted by atomic mass is 10.0. The number of rotatable bonds is 3. The van der Waals surface area contributed by atoms with Crippen LogP contribution in [0, 0.1) is 0 Å². The summed E-state index contributed by atoms with van der Waals surface area (Å²) in [6, 6.07) is 15.8. The molecule has 3 heteroatoms. The molecule has 1 amide bonds. The molecule has 0 bridgehead atoms. The van der Waals surface area contributed by atoms with Gasteiger partial charge in [0.2, 0.25) is 5.91 Å². The first-order valence-corrected chi connectivity index (χ1v) is 6.08. The SMILES string of the molecule is NC(=O)Cc1cccc2c(-c3ccccc3)coc12. The minimum atomic E-state index is -0.356. The van der Waals surface area contributed by atoms with E-state index in [-0.39, 0.29) is 12.3 Å². The van der Waals surface area contributed by atoms with Gasteiger partial charge in [0, 0.05) is 16.5 Å². The third-order valence-electron chi connectivity index (χ3n) is 3.13. The molecule has 94 valence electrons. The molecule has 0 spiro atoms. The minimum Gasteiger partial charge on any atom is -0.463 e. The van der Waals surface area contributed by atoms with Gasteiger partial charge in [0.15, 0.2) is 0 Å². The predicted octanol–water partition coefficient (Wildman–Crippen LogP) is 3.13. The maximum atomic E-state index is 11.1. The first-order valence-electron chi connectivity index (χ1n) is 6.08. The molecule has 0 aliphatic carbocycles. The zero-order valence-corrected chi connectivity index (χ0v) is 10.3. The number of fused-ring (bicyclic) bond motifs is 1. The van der Waals surface area contributed by atoms with Crippen molar-refractivity contribution in [2.24, 2.45) is 5.73 Å². The Balaban J connectivity index is 2.17. The van der Waals surface area contributed by atoms with E-state index in [9.17, 15) is 4.79 Å². The van der Waals surface area contributed by atoms with Crippen molar-refractivity contribution >= 4 is 16.9 Å². The van der Waals surface area contributed by atoms with Crippen molar-refractivity contribution in [1.82, 2.24) is 0 Å². The van der Waals surface area contributed by atoms with E-state index < -0.39 is 0 Å². The highest BCUT2D eigenvalue weighted by molar-refractivity contribution is 5.96. The third kappa shape index (κ3) is 2.10. The Morgan fingerprint density at radius 2 is 1.84 bits per heavy atom. The van der Waals surface area contributed by atoms with Gasteiger partial charge in [-0.2, -0.15) is 0 Å². The van der Waals surface area contributed by atoms with Crippen molar-refractivity contribution in [1.29, 1.82) is 0 Å². The lowest BCUT2D eigenvalue weighted by Gasteiger charge is -2.00. The molecule has 19 heavy (non-hydrogen) atoms. The predicted molar refractivity (Wildman–Crippen MR) is 74.5 cm³/mol. The van der Waals surface area contributed by atoms with E-state index in [4.69, 9.17) is 10.2 Å². The molecule has 0 atom stereocenters. The van der Waals surface area contributed by atoms with E-state index in [0.717, 1.165) is 27.7 Å². The van der Waals surface area contributed by atoms with E-state index in [2.05, 4.69) is 0 Å². The third-order valence-corrected chi connectivity index (χ3v) is 3.13. The van der Waals surface area contributed by atoms with Crippen LogP contribution in [-0.4, -0.2) is 5.91 Å². The van der Waals surface area contributed by atoms with Gasteiger partial charge in [-0.1, -0.05) is 48.5 Å². The van der Waals surface area contributed by atoms with Gasteiger partial charge in [0.05, 0.1) is 12.7 Å². The molecule has 0 radical (unpaired) electrons. The van der Waals surface area contributed by atoms with Crippen LogP contribution in [0.3, 0.4) is 0 Å². The van der Waals surface area contributed by atoms with Gasteiger partial charge in [-0.15, -0.1) is 0 Å². The molecule has 1 aromatic heterocycles. The Morgan fingerprint density at radius 3 is 2.58 bits per heavy atom. The van der Waals surface area contributed by atoms with E-state index in [1.54, 1.807) is 6.26 Å². The Hall–Kier alpha value is -2.55. The number of furan rings is 1. The van der Waals surface area contributed by atoms with Crippen LogP contribution in [0.4, 0.5) is 0 Å². The van der Waals surface area contributed by atoms with Crippen LogP contribution in [0.5, 0.6) is 0 Å². The molecule has 3 rings (SSSR count). The summed E-state index contributed by atoms with van der Waals surface area (Å²) in [6.45, 7) is 0. The summed E-state index contributed by atoms with van der Waals surface area (Å²) >= 11 is 0. The van der Waals surface area contributed by atoms with Crippen LogP contribution >= 0.6 is 0 Å². The van der Waals surface area contributed by atoms with Crippen LogP contribution < -0.4 is 5.73 Å². The molecule has 0 saturated heterocycles. The number of carbonyl (C=O) groups excluding carboxylic acids is 1. The summed E-state index contributed by atoms with van der Waals surface area (Å²) in [5.74, 6) is -0.356. The fraction of sp³-hybridized carbons (Fsp3) is 0.0625.